The highest BCUT2D eigenvalue weighted by Gasteiger charge is 2.42. The smallest absolute Gasteiger partial charge is 0.175 e. The van der Waals surface area contributed by atoms with Crippen molar-refractivity contribution in [3.8, 4) is 0 Å². The Morgan fingerprint density at radius 1 is 0.794 bits per heavy atom. The van der Waals surface area contributed by atoms with Crippen LogP contribution in [0.5, 0.6) is 0 Å². The van der Waals surface area contributed by atoms with Gasteiger partial charge >= 0.3 is 0 Å². The third-order valence-electron chi connectivity index (χ3n) is 6.71. The Morgan fingerprint density at radius 2 is 1.32 bits per heavy atom. The molecule has 0 saturated carbocycles. The van der Waals surface area contributed by atoms with E-state index in [1.54, 1.807) is 7.11 Å². The SMILES string of the molecule is CCCCCCCCCCCCCCCCOC[C@@H](CO[C@@H]1O[C@H](CN)[C@@H](O)[C@H](O)[C@H]1N)OC. The first-order valence-electron chi connectivity index (χ1n) is 13.7. The van der Waals surface area contributed by atoms with E-state index in [9.17, 15) is 10.2 Å². The maximum Gasteiger partial charge on any atom is 0.175 e. The van der Waals surface area contributed by atoms with Gasteiger partial charge in [-0.1, -0.05) is 90.4 Å². The lowest BCUT2D eigenvalue weighted by molar-refractivity contribution is -0.263. The molecule has 204 valence electrons. The van der Waals surface area contributed by atoms with Crippen molar-refractivity contribution in [2.24, 2.45) is 11.5 Å². The van der Waals surface area contributed by atoms with Crippen LogP contribution >= 0.6 is 0 Å². The lowest BCUT2D eigenvalue weighted by atomic mass is 9.97. The Bertz CT molecular complexity index is 457. The monoisotopic (exact) mass is 490 g/mol. The van der Waals surface area contributed by atoms with Gasteiger partial charge in [0.15, 0.2) is 6.29 Å². The molecule has 1 aliphatic heterocycles. The Kier molecular flexibility index (Phi) is 19.4. The molecule has 0 radical (unpaired) electrons. The van der Waals surface area contributed by atoms with Crippen molar-refractivity contribution in [2.75, 3.05) is 33.5 Å². The predicted octanol–water partition coefficient (Wildman–Crippen LogP) is 3.25. The lowest BCUT2D eigenvalue weighted by Crippen LogP contribution is -2.63. The maximum atomic E-state index is 10.1. The molecule has 6 atom stereocenters. The van der Waals surface area contributed by atoms with E-state index in [0.29, 0.717) is 13.2 Å². The Morgan fingerprint density at radius 3 is 1.82 bits per heavy atom. The van der Waals surface area contributed by atoms with E-state index in [4.69, 9.17) is 30.4 Å². The minimum atomic E-state index is -1.15. The Hall–Kier alpha value is -0.320. The van der Waals surface area contributed by atoms with Gasteiger partial charge in [-0.05, 0) is 6.42 Å². The molecule has 0 aliphatic carbocycles. The average Bonchev–Trinajstić information content (AvgIpc) is 2.85. The zero-order chi connectivity index (χ0) is 25.0. The molecule has 8 heteroatoms. The van der Waals surface area contributed by atoms with Gasteiger partial charge < -0.3 is 40.6 Å². The van der Waals surface area contributed by atoms with Crippen LogP contribution in [0.1, 0.15) is 96.8 Å². The molecular weight excluding hydrogens is 436 g/mol. The number of aliphatic hydroxyl groups excluding tert-OH is 2. The first kappa shape index (κ1) is 31.7. The number of rotatable bonds is 22. The van der Waals surface area contributed by atoms with E-state index < -0.39 is 30.6 Å². The number of hydrogen-bond donors (Lipinski definition) is 4. The van der Waals surface area contributed by atoms with Crippen molar-refractivity contribution in [1.82, 2.24) is 0 Å². The number of nitrogens with two attached hydrogens (primary N) is 2. The molecule has 1 saturated heterocycles. The fourth-order valence-electron chi connectivity index (χ4n) is 4.30. The molecule has 34 heavy (non-hydrogen) atoms. The van der Waals surface area contributed by atoms with Crippen LogP contribution in [0.15, 0.2) is 0 Å². The molecule has 0 aromatic heterocycles. The van der Waals surface area contributed by atoms with Gasteiger partial charge in [0.1, 0.15) is 24.4 Å². The van der Waals surface area contributed by atoms with Gasteiger partial charge in [0.2, 0.25) is 0 Å². The Balaban J connectivity index is 1.97. The summed E-state index contributed by atoms with van der Waals surface area (Å²) >= 11 is 0. The van der Waals surface area contributed by atoms with Gasteiger partial charge in [0.05, 0.1) is 19.3 Å². The van der Waals surface area contributed by atoms with E-state index in [-0.39, 0.29) is 19.3 Å². The molecule has 8 nitrogen and oxygen atoms in total. The van der Waals surface area contributed by atoms with Gasteiger partial charge in [-0.2, -0.15) is 0 Å². The number of aliphatic hydroxyl groups is 2. The molecule has 0 bridgehead atoms. The van der Waals surface area contributed by atoms with Gasteiger partial charge in [0.25, 0.3) is 0 Å². The van der Waals surface area contributed by atoms with Crippen molar-refractivity contribution in [1.29, 1.82) is 0 Å². The summed E-state index contributed by atoms with van der Waals surface area (Å²) in [5, 5.41) is 20.0. The molecule has 6 N–H and O–H groups in total. The third-order valence-corrected chi connectivity index (χ3v) is 6.71. The number of ether oxygens (including phenoxy) is 4. The molecular formula is C26H54N2O6. The first-order valence-corrected chi connectivity index (χ1v) is 13.7. The molecule has 0 aromatic rings. The van der Waals surface area contributed by atoms with Crippen molar-refractivity contribution in [3.63, 3.8) is 0 Å². The van der Waals surface area contributed by atoms with Crippen LogP contribution in [-0.2, 0) is 18.9 Å². The van der Waals surface area contributed by atoms with Gasteiger partial charge in [-0.3, -0.25) is 0 Å². The van der Waals surface area contributed by atoms with Gasteiger partial charge in [-0.15, -0.1) is 0 Å². The van der Waals surface area contributed by atoms with E-state index in [2.05, 4.69) is 6.92 Å². The van der Waals surface area contributed by atoms with E-state index in [1.807, 2.05) is 0 Å². The molecule has 0 spiro atoms. The van der Waals surface area contributed by atoms with Crippen LogP contribution in [0, 0.1) is 0 Å². The van der Waals surface area contributed by atoms with Crippen molar-refractivity contribution < 1.29 is 29.2 Å². The first-order chi connectivity index (χ1) is 16.5. The fraction of sp³-hybridized carbons (Fsp3) is 1.00. The molecule has 0 aromatic carbocycles. The summed E-state index contributed by atoms with van der Waals surface area (Å²) in [5.41, 5.74) is 11.5. The Labute approximate surface area is 208 Å². The zero-order valence-electron chi connectivity index (χ0n) is 21.9. The normalized spacial score (nSPS) is 26.1. The number of unbranched alkanes of at least 4 members (excludes halogenated alkanes) is 13. The second-order valence-corrected chi connectivity index (χ2v) is 9.70. The number of hydrogen-bond acceptors (Lipinski definition) is 8. The standard InChI is InChI=1S/C26H54N2O6/c1-3-4-5-6-7-8-9-10-11-12-13-14-15-16-17-32-19-21(31-2)20-33-26-23(28)25(30)24(29)22(18-27)34-26/h21-26,29-30H,3-20,27-28H2,1-2H3/t21-,22+,23+,24+,25+,26+/m0/s1. The summed E-state index contributed by atoms with van der Waals surface area (Å²) in [6.45, 7) is 3.68. The lowest BCUT2D eigenvalue weighted by Gasteiger charge is -2.40. The molecule has 1 heterocycles. The summed E-state index contributed by atoms with van der Waals surface area (Å²) in [4.78, 5) is 0. The quantitative estimate of drug-likeness (QED) is 0.170. The van der Waals surface area contributed by atoms with Crippen molar-refractivity contribution in [2.45, 2.75) is 134 Å². The topological polar surface area (TPSA) is 129 Å². The maximum absolute atomic E-state index is 10.1. The minimum Gasteiger partial charge on any atom is -0.388 e. The molecule has 1 aliphatic rings. The zero-order valence-corrected chi connectivity index (χ0v) is 21.9. The molecule has 1 fully saturated rings. The highest BCUT2D eigenvalue weighted by molar-refractivity contribution is 4.92. The summed E-state index contributed by atoms with van der Waals surface area (Å²) < 4.78 is 22.5. The molecule has 1 rings (SSSR count). The molecule has 0 unspecified atom stereocenters. The summed E-state index contributed by atoms with van der Waals surface area (Å²) in [6.07, 6.45) is 14.6. The van der Waals surface area contributed by atoms with Gasteiger partial charge in [-0.25, -0.2) is 0 Å². The van der Waals surface area contributed by atoms with Gasteiger partial charge in [0, 0.05) is 20.3 Å². The van der Waals surface area contributed by atoms with Crippen LogP contribution in [0.25, 0.3) is 0 Å². The fourth-order valence-corrected chi connectivity index (χ4v) is 4.30. The minimum absolute atomic E-state index is 0.0703. The number of methoxy groups -OCH3 is 1. The second kappa shape index (κ2) is 20.8. The highest BCUT2D eigenvalue weighted by Crippen LogP contribution is 2.20. The third kappa shape index (κ3) is 13.7. The summed E-state index contributed by atoms with van der Waals surface area (Å²) in [7, 11) is 1.60. The average molecular weight is 491 g/mol. The van der Waals surface area contributed by atoms with E-state index in [0.717, 1.165) is 6.42 Å². The highest BCUT2D eigenvalue weighted by atomic mass is 16.7. The van der Waals surface area contributed by atoms with Crippen LogP contribution in [-0.4, -0.2) is 80.4 Å². The van der Waals surface area contributed by atoms with Crippen LogP contribution in [0.3, 0.4) is 0 Å². The van der Waals surface area contributed by atoms with Crippen molar-refractivity contribution >= 4 is 0 Å². The molecule has 0 amide bonds. The largest absolute Gasteiger partial charge is 0.388 e. The van der Waals surface area contributed by atoms with Crippen LogP contribution in [0.2, 0.25) is 0 Å². The van der Waals surface area contributed by atoms with Crippen LogP contribution in [0.4, 0.5) is 0 Å². The van der Waals surface area contributed by atoms with Crippen molar-refractivity contribution in [3.05, 3.63) is 0 Å². The van der Waals surface area contributed by atoms with E-state index in [1.165, 1.54) is 83.5 Å². The van der Waals surface area contributed by atoms with Crippen LogP contribution < -0.4 is 11.5 Å². The predicted molar refractivity (Wildman–Crippen MR) is 136 cm³/mol. The summed E-state index contributed by atoms with van der Waals surface area (Å²) in [6, 6.07) is -0.855. The summed E-state index contributed by atoms with van der Waals surface area (Å²) in [5.74, 6) is 0. The second-order valence-electron chi connectivity index (χ2n) is 9.70. The van der Waals surface area contributed by atoms with E-state index >= 15 is 0 Å².